The van der Waals surface area contributed by atoms with Crippen LogP contribution in [0, 0.1) is 5.82 Å². The van der Waals surface area contributed by atoms with Crippen molar-refractivity contribution in [1.29, 1.82) is 0 Å². The van der Waals surface area contributed by atoms with Gasteiger partial charge in [0.05, 0.1) is 5.69 Å². The molecule has 1 aromatic carbocycles. The summed E-state index contributed by atoms with van der Waals surface area (Å²) in [7, 11) is 1.65. The highest BCUT2D eigenvalue weighted by Crippen LogP contribution is 2.12. The van der Waals surface area contributed by atoms with Crippen molar-refractivity contribution in [1.82, 2.24) is 9.88 Å². The van der Waals surface area contributed by atoms with Gasteiger partial charge in [0.2, 0.25) is 0 Å². The largest absolute Gasteiger partial charge is 0.397 e. The first kappa shape index (κ1) is 13.0. The van der Waals surface area contributed by atoms with Gasteiger partial charge in [0.1, 0.15) is 5.82 Å². The summed E-state index contributed by atoms with van der Waals surface area (Å²) in [6, 6.07) is 9.31. The van der Waals surface area contributed by atoms with Gasteiger partial charge >= 0.3 is 0 Å². The molecule has 98 valence electrons. The first-order chi connectivity index (χ1) is 9.08. The summed E-state index contributed by atoms with van der Waals surface area (Å²) in [4.78, 5) is 17.6. The molecule has 0 unspecified atom stereocenters. The number of rotatable bonds is 3. The first-order valence-corrected chi connectivity index (χ1v) is 5.78. The van der Waals surface area contributed by atoms with Crippen molar-refractivity contribution < 1.29 is 9.18 Å². The Morgan fingerprint density at radius 1 is 1.32 bits per heavy atom. The summed E-state index contributed by atoms with van der Waals surface area (Å²) >= 11 is 0. The van der Waals surface area contributed by atoms with E-state index in [4.69, 9.17) is 5.73 Å². The fraction of sp³-hybridized carbons (Fsp3) is 0.143. The minimum absolute atomic E-state index is 0.229. The Bertz CT molecular complexity index is 583. The van der Waals surface area contributed by atoms with Crippen LogP contribution in [0.1, 0.15) is 16.1 Å². The van der Waals surface area contributed by atoms with Gasteiger partial charge in [-0.25, -0.2) is 9.37 Å². The van der Waals surface area contributed by atoms with Gasteiger partial charge in [-0.15, -0.1) is 0 Å². The van der Waals surface area contributed by atoms with E-state index in [-0.39, 0.29) is 17.4 Å². The van der Waals surface area contributed by atoms with Crippen LogP contribution in [-0.4, -0.2) is 22.8 Å². The topological polar surface area (TPSA) is 59.2 Å². The quantitative estimate of drug-likeness (QED) is 0.918. The van der Waals surface area contributed by atoms with Crippen molar-refractivity contribution >= 4 is 11.6 Å². The van der Waals surface area contributed by atoms with Crippen LogP contribution in [0.3, 0.4) is 0 Å². The van der Waals surface area contributed by atoms with Crippen LogP contribution in [0.15, 0.2) is 42.6 Å². The molecule has 4 nitrogen and oxygen atoms in total. The van der Waals surface area contributed by atoms with Crippen LogP contribution < -0.4 is 5.73 Å². The number of nitrogens with zero attached hydrogens (tertiary/aromatic N) is 2. The van der Waals surface area contributed by atoms with E-state index in [0.717, 1.165) is 5.56 Å². The molecule has 0 spiro atoms. The number of carbonyl (C=O) groups is 1. The van der Waals surface area contributed by atoms with E-state index in [1.54, 1.807) is 31.3 Å². The maximum Gasteiger partial charge on any atom is 0.274 e. The number of benzene rings is 1. The van der Waals surface area contributed by atoms with E-state index in [1.165, 1.54) is 23.2 Å². The third-order valence-corrected chi connectivity index (χ3v) is 2.72. The standard InChI is InChI=1S/C14H14FN3O/c1-18(9-10-4-6-11(15)7-5-10)14(19)13-12(16)3-2-8-17-13/h2-8H,9,16H2,1H3. The molecule has 0 bridgehead atoms. The smallest absolute Gasteiger partial charge is 0.274 e. The number of pyridine rings is 1. The maximum absolute atomic E-state index is 12.8. The Morgan fingerprint density at radius 3 is 2.63 bits per heavy atom. The number of aromatic nitrogens is 1. The van der Waals surface area contributed by atoms with Crippen LogP contribution in [0.25, 0.3) is 0 Å². The van der Waals surface area contributed by atoms with E-state index in [2.05, 4.69) is 4.98 Å². The zero-order valence-corrected chi connectivity index (χ0v) is 10.5. The molecule has 2 aromatic rings. The third-order valence-electron chi connectivity index (χ3n) is 2.72. The summed E-state index contributed by atoms with van der Waals surface area (Å²) in [6.45, 7) is 0.370. The second-order valence-corrected chi connectivity index (χ2v) is 4.23. The van der Waals surface area contributed by atoms with Crippen LogP contribution in [0.4, 0.5) is 10.1 Å². The lowest BCUT2D eigenvalue weighted by molar-refractivity contribution is 0.0780. The minimum Gasteiger partial charge on any atom is -0.397 e. The molecule has 0 saturated heterocycles. The van der Waals surface area contributed by atoms with Gasteiger partial charge < -0.3 is 10.6 Å². The van der Waals surface area contributed by atoms with E-state index in [0.29, 0.717) is 12.2 Å². The molecular weight excluding hydrogens is 245 g/mol. The summed E-state index contributed by atoms with van der Waals surface area (Å²) < 4.78 is 12.8. The van der Waals surface area contributed by atoms with Crippen LogP contribution in [0.2, 0.25) is 0 Å². The lowest BCUT2D eigenvalue weighted by Crippen LogP contribution is -2.27. The van der Waals surface area contributed by atoms with Crippen molar-refractivity contribution in [2.24, 2.45) is 0 Å². The lowest BCUT2D eigenvalue weighted by atomic mass is 10.2. The van der Waals surface area contributed by atoms with Crippen molar-refractivity contribution in [3.05, 3.63) is 59.7 Å². The number of carbonyl (C=O) groups excluding carboxylic acids is 1. The molecule has 1 amide bonds. The first-order valence-electron chi connectivity index (χ1n) is 5.78. The molecule has 2 rings (SSSR count). The SMILES string of the molecule is CN(Cc1ccc(F)cc1)C(=O)c1ncccc1N. The summed E-state index contributed by atoms with van der Waals surface area (Å²) in [5.74, 6) is -0.561. The molecule has 0 fully saturated rings. The lowest BCUT2D eigenvalue weighted by Gasteiger charge is -2.17. The number of hydrogen-bond acceptors (Lipinski definition) is 3. The third kappa shape index (κ3) is 3.07. The Kier molecular flexibility index (Phi) is 3.75. The molecule has 1 heterocycles. The summed E-state index contributed by atoms with van der Waals surface area (Å²) in [5, 5.41) is 0. The zero-order chi connectivity index (χ0) is 13.8. The Morgan fingerprint density at radius 2 is 2.00 bits per heavy atom. The Labute approximate surface area is 110 Å². The number of halogens is 1. The summed E-state index contributed by atoms with van der Waals surface area (Å²) in [5.41, 5.74) is 7.13. The molecule has 0 aliphatic carbocycles. The van der Waals surface area contributed by atoms with Gasteiger partial charge in [-0.05, 0) is 29.8 Å². The van der Waals surface area contributed by atoms with E-state index in [1.807, 2.05) is 0 Å². The highest BCUT2D eigenvalue weighted by atomic mass is 19.1. The zero-order valence-electron chi connectivity index (χ0n) is 10.5. The monoisotopic (exact) mass is 259 g/mol. The Hall–Kier alpha value is -2.43. The second kappa shape index (κ2) is 5.48. The number of anilines is 1. The van der Waals surface area contributed by atoms with Crippen LogP contribution >= 0.6 is 0 Å². The van der Waals surface area contributed by atoms with Crippen molar-refractivity contribution in [3.63, 3.8) is 0 Å². The van der Waals surface area contributed by atoms with Gasteiger partial charge in [0.15, 0.2) is 5.69 Å². The second-order valence-electron chi connectivity index (χ2n) is 4.23. The molecular formula is C14H14FN3O. The molecule has 0 radical (unpaired) electrons. The average Bonchev–Trinajstić information content (AvgIpc) is 2.41. The molecule has 0 aliphatic rings. The minimum atomic E-state index is -0.299. The van der Waals surface area contributed by atoms with Crippen molar-refractivity contribution in [2.75, 3.05) is 12.8 Å². The number of hydrogen-bond donors (Lipinski definition) is 1. The summed E-state index contributed by atoms with van der Waals surface area (Å²) in [6.07, 6.45) is 1.52. The van der Waals surface area contributed by atoms with Gasteiger partial charge in [0, 0.05) is 19.8 Å². The highest BCUT2D eigenvalue weighted by Gasteiger charge is 2.15. The van der Waals surface area contributed by atoms with Crippen LogP contribution in [0.5, 0.6) is 0 Å². The van der Waals surface area contributed by atoms with E-state index in [9.17, 15) is 9.18 Å². The number of nitrogens with two attached hydrogens (primary N) is 1. The normalized spacial score (nSPS) is 10.2. The van der Waals surface area contributed by atoms with Gasteiger partial charge in [-0.1, -0.05) is 12.1 Å². The average molecular weight is 259 g/mol. The molecule has 5 heteroatoms. The van der Waals surface area contributed by atoms with Crippen molar-refractivity contribution in [3.8, 4) is 0 Å². The predicted molar refractivity (Wildman–Crippen MR) is 70.8 cm³/mol. The van der Waals surface area contributed by atoms with Crippen molar-refractivity contribution in [2.45, 2.75) is 6.54 Å². The Balaban J connectivity index is 2.12. The molecule has 19 heavy (non-hydrogen) atoms. The number of nitrogen functional groups attached to an aromatic ring is 1. The molecule has 0 atom stereocenters. The molecule has 0 saturated carbocycles. The van der Waals surface area contributed by atoms with Gasteiger partial charge in [-0.3, -0.25) is 4.79 Å². The fourth-order valence-electron chi connectivity index (χ4n) is 1.71. The maximum atomic E-state index is 12.8. The van der Waals surface area contributed by atoms with Gasteiger partial charge in [0.25, 0.3) is 5.91 Å². The predicted octanol–water partition coefficient (Wildman–Crippen LogP) is 2.08. The van der Waals surface area contributed by atoms with E-state index < -0.39 is 0 Å². The number of amides is 1. The van der Waals surface area contributed by atoms with Crippen LogP contribution in [-0.2, 0) is 6.54 Å². The van der Waals surface area contributed by atoms with Gasteiger partial charge in [-0.2, -0.15) is 0 Å². The fourth-order valence-corrected chi connectivity index (χ4v) is 1.71. The van der Waals surface area contributed by atoms with E-state index >= 15 is 0 Å². The molecule has 0 aliphatic heterocycles. The molecule has 1 aromatic heterocycles. The highest BCUT2D eigenvalue weighted by molar-refractivity contribution is 5.96. The molecule has 2 N–H and O–H groups in total.